The Morgan fingerprint density at radius 3 is 2.24 bits per heavy atom. The summed E-state index contributed by atoms with van der Waals surface area (Å²) < 4.78 is 13.8. The Morgan fingerprint density at radius 2 is 1.71 bits per heavy atom. The first-order valence-corrected chi connectivity index (χ1v) is 7.29. The van der Waals surface area contributed by atoms with Crippen molar-refractivity contribution >= 4 is 11.6 Å². The van der Waals surface area contributed by atoms with E-state index in [1.807, 2.05) is 0 Å². The summed E-state index contributed by atoms with van der Waals surface area (Å²) in [5.41, 5.74) is 0.808. The van der Waals surface area contributed by atoms with Crippen LogP contribution in [-0.2, 0) is 9.59 Å². The molecule has 1 aromatic carbocycles. The van der Waals surface area contributed by atoms with Crippen LogP contribution in [0.1, 0.15) is 51.5 Å². The van der Waals surface area contributed by atoms with Crippen molar-refractivity contribution in [3.8, 4) is 0 Å². The Balaban J connectivity index is 2.18. The van der Waals surface area contributed by atoms with Gasteiger partial charge in [-0.2, -0.15) is 0 Å². The first kappa shape index (κ1) is 15.6. The van der Waals surface area contributed by atoms with Crippen LogP contribution in [0.4, 0.5) is 4.39 Å². The van der Waals surface area contributed by atoms with E-state index in [0.29, 0.717) is 17.6 Å². The van der Waals surface area contributed by atoms with Gasteiger partial charge in [0.25, 0.3) is 0 Å². The SMILES string of the molecule is CC(C)(C)CC=C1C(=O)CC(c2ccccc2F)CC1=O. The van der Waals surface area contributed by atoms with E-state index in [4.69, 9.17) is 0 Å². The second kappa shape index (κ2) is 5.92. The molecule has 0 aliphatic heterocycles. The molecule has 0 aromatic heterocycles. The zero-order valence-electron chi connectivity index (χ0n) is 12.8. The van der Waals surface area contributed by atoms with Gasteiger partial charge in [-0.15, -0.1) is 0 Å². The van der Waals surface area contributed by atoms with Crippen LogP contribution in [0.5, 0.6) is 0 Å². The predicted molar refractivity (Wildman–Crippen MR) is 80.5 cm³/mol. The molecule has 3 heteroatoms. The molecule has 112 valence electrons. The zero-order chi connectivity index (χ0) is 15.6. The smallest absolute Gasteiger partial charge is 0.166 e. The van der Waals surface area contributed by atoms with Crippen LogP contribution < -0.4 is 0 Å². The molecular weight excluding hydrogens is 267 g/mol. The van der Waals surface area contributed by atoms with Gasteiger partial charge in [0.15, 0.2) is 11.6 Å². The minimum atomic E-state index is -0.342. The highest BCUT2D eigenvalue weighted by molar-refractivity contribution is 6.22. The van der Waals surface area contributed by atoms with Gasteiger partial charge in [-0.05, 0) is 23.5 Å². The number of hydrogen-bond donors (Lipinski definition) is 0. The van der Waals surface area contributed by atoms with Crippen molar-refractivity contribution in [2.24, 2.45) is 5.41 Å². The van der Waals surface area contributed by atoms with Gasteiger partial charge < -0.3 is 0 Å². The maximum Gasteiger partial charge on any atom is 0.166 e. The molecule has 1 fully saturated rings. The van der Waals surface area contributed by atoms with Crippen molar-refractivity contribution in [3.05, 3.63) is 47.3 Å². The first-order chi connectivity index (χ1) is 9.78. The highest BCUT2D eigenvalue weighted by atomic mass is 19.1. The van der Waals surface area contributed by atoms with E-state index in [2.05, 4.69) is 20.8 Å². The molecule has 0 unspecified atom stereocenters. The Hall–Kier alpha value is -1.77. The standard InChI is InChI=1S/C18H21FO2/c1-18(2,3)9-8-14-16(20)10-12(11-17(14)21)13-6-4-5-7-15(13)19/h4-8,12H,9-11H2,1-3H3. The van der Waals surface area contributed by atoms with E-state index < -0.39 is 0 Å². The molecule has 0 atom stereocenters. The molecule has 1 aliphatic rings. The van der Waals surface area contributed by atoms with E-state index in [-0.39, 0.29) is 41.6 Å². The second-order valence-electron chi connectivity index (χ2n) is 6.86. The number of benzene rings is 1. The Kier molecular flexibility index (Phi) is 4.40. The third-order valence-corrected chi connectivity index (χ3v) is 3.73. The summed E-state index contributed by atoms with van der Waals surface area (Å²) >= 11 is 0. The summed E-state index contributed by atoms with van der Waals surface area (Å²) in [6, 6.07) is 6.37. The van der Waals surface area contributed by atoms with Crippen LogP contribution >= 0.6 is 0 Å². The van der Waals surface area contributed by atoms with Gasteiger partial charge in [0.2, 0.25) is 0 Å². The molecule has 0 N–H and O–H groups in total. The lowest BCUT2D eigenvalue weighted by Crippen LogP contribution is -2.25. The lowest BCUT2D eigenvalue weighted by atomic mass is 9.78. The van der Waals surface area contributed by atoms with E-state index in [1.54, 1.807) is 24.3 Å². The van der Waals surface area contributed by atoms with E-state index >= 15 is 0 Å². The molecule has 0 heterocycles. The van der Waals surface area contributed by atoms with Crippen molar-refractivity contribution in [1.82, 2.24) is 0 Å². The van der Waals surface area contributed by atoms with Crippen molar-refractivity contribution in [2.45, 2.75) is 46.0 Å². The fourth-order valence-corrected chi connectivity index (χ4v) is 2.56. The molecule has 21 heavy (non-hydrogen) atoms. The van der Waals surface area contributed by atoms with Gasteiger partial charge >= 0.3 is 0 Å². The van der Waals surface area contributed by atoms with Crippen molar-refractivity contribution in [3.63, 3.8) is 0 Å². The van der Waals surface area contributed by atoms with Crippen LogP contribution in [0.15, 0.2) is 35.9 Å². The van der Waals surface area contributed by atoms with E-state index in [1.165, 1.54) is 6.07 Å². The van der Waals surface area contributed by atoms with Crippen molar-refractivity contribution in [2.75, 3.05) is 0 Å². The summed E-state index contributed by atoms with van der Waals surface area (Å²) in [5.74, 6) is -1.00. The van der Waals surface area contributed by atoms with Crippen LogP contribution in [0.3, 0.4) is 0 Å². The van der Waals surface area contributed by atoms with Crippen LogP contribution in [0.2, 0.25) is 0 Å². The molecule has 1 aliphatic carbocycles. The molecule has 0 spiro atoms. The summed E-state index contributed by atoms with van der Waals surface area (Å²) in [4.78, 5) is 24.4. The normalized spacial score (nSPS) is 19.8. The van der Waals surface area contributed by atoms with Gasteiger partial charge in [-0.1, -0.05) is 45.0 Å². The number of hydrogen-bond acceptors (Lipinski definition) is 2. The summed E-state index contributed by atoms with van der Waals surface area (Å²) in [7, 11) is 0. The van der Waals surface area contributed by atoms with Crippen LogP contribution in [0, 0.1) is 11.2 Å². The minimum Gasteiger partial charge on any atom is -0.294 e. The zero-order valence-corrected chi connectivity index (χ0v) is 12.8. The average molecular weight is 288 g/mol. The minimum absolute atomic E-state index is 0.0376. The van der Waals surface area contributed by atoms with E-state index in [9.17, 15) is 14.0 Å². The predicted octanol–water partition coefficient (Wildman–Crippen LogP) is 4.20. The first-order valence-electron chi connectivity index (χ1n) is 7.29. The van der Waals surface area contributed by atoms with E-state index in [0.717, 1.165) is 0 Å². The molecule has 0 saturated heterocycles. The topological polar surface area (TPSA) is 34.1 Å². The van der Waals surface area contributed by atoms with Gasteiger partial charge in [-0.25, -0.2) is 4.39 Å². The Bertz CT molecular complexity index is 573. The quantitative estimate of drug-likeness (QED) is 0.603. The third kappa shape index (κ3) is 3.87. The largest absolute Gasteiger partial charge is 0.294 e. The number of rotatable bonds is 2. The number of allylic oxidation sites excluding steroid dienone is 2. The molecule has 2 rings (SSSR count). The number of Topliss-reactive ketones (excluding diaryl/α,β-unsaturated/α-hetero) is 2. The molecule has 2 nitrogen and oxygen atoms in total. The average Bonchev–Trinajstić information content (AvgIpc) is 2.36. The molecular formula is C18H21FO2. The lowest BCUT2D eigenvalue weighted by Gasteiger charge is -2.23. The number of carbonyl (C=O) groups is 2. The van der Waals surface area contributed by atoms with Crippen molar-refractivity contribution < 1.29 is 14.0 Å². The van der Waals surface area contributed by atoms with Crippen LogP contribution in [-0.4, -0.2) is 11.6 Å². The third-order valence-electron chi connectivity index (χ3n) is 3.73. The summed E-state index contributed by atoms with van der Waals surface area (Å²) in [6.45, 7) is 6.18. The molecule has 0 amide bonds. The van der Waals surface area contributed by atoms with Gasteiger partial charge in [0, 0.05) is 18.8 Å². The second-order valence-corrected chi connectivity index (χ2v) is 6.86. The monoisotopic (exact) mass is 288 g/mol. The van der Waals surface area contributed by atoms with Gasteiger partial charge in [-0.3, -0.25) is 9.59 Å². The van der Waals surface area contributed by atoms with Crippen LogP contribution in [0.25, 0.3) is 0 Å². The highest BCUT2D eigenvalue weighted by Crippen LogP contribution is 2.33. The van der Waals surface area contributed by atoms with Gasteiger partial charge in [0.05, 0.1) is 5.57 Å². The number of carbonyl (C=O) groups excluding carboxylic acids is 2. The summed E-state index contributed by atoms with van der Waals surface area (Å²) in [5, 5.41) is 0. The Labute approximate surface area is 125 Å². The molecule has 0 radical (unpaired) electrons. The maximum absolute atomic E-state index is 13.8. The van der Waals surface area contributed by atoms with Crippen molar-refractivity contribution in [1.29, 1.82) is 0 Å². The summed E-state index contributed by atoms with van der Waals surface area (Å²) in [6.07, 6.45) is 2.86. The number of ketones is 2. The number of halogens is 1. The highest BCUT2D eigenvalue weighted by Gasteiger charge is 2.32. The van der Waals surface area contributed by atoms with Gasteiger partial charge in [0.1, 0.15) is 5.82 Å². The molecule has 1 saturated carbocycles. The maximum atomic E-state index is 13.8. The molecule has 1 aromatic rings. The molecule has 0 bridgehead atoms. The Morgan fingerprint density at radius 1 is 1.14 bits per heavy atom. The fraction of sp³-hybridized carbons (Fsp3) is 0.444. The lowest BCUT2D eigenvalue weighted by molar-refractivity contribution is -0.124. The fourth-order valence-electron chi connectivity index (χ4n) is 2.56.